The normalized spacial score (nSPS) is 35.5. The highest BCUT2D eigenvalue weighted by Gasteiger charge is 2.51. The van der Waals surface area contributed by atoms with Crippen LogP contribution in [-0.4, -0.2) is 60.5 Å². The maximum atomic E-state index is 13.0. The molecular formula is C35H47N3O5. The van der Waals surface area contributed by atoms with Gasteiger partial charge in [-0.25, -0.2) is 4.79 Å². The number of hydrogen-bond donors (Lipinski definition) is 3. The van der Waals surface area contributed by atoms with Crippen LogP contribution in [0.2, 0.25) is 0 Å². The summed E-state index contributed by atoms with van der Waals surface area (Å²) in [4.78, 5) is 15.4. The second-order valence-corrected chi connectivity index (χ2v) is 14.0. The molecule has 2 heterocycles. The monoisotopic (exact) mass is 589 g/mol. The predicted molar refractivity (Wildman–Crippen MR) is 163 cm³/mol. The van der Waals surface area contributed by atoms with E-state index in [1.807, 2.05) is 12.1 Å². The molecule has 232 valence electrons. The van der Waals surface area contributed by atoms with Gasteiger partial charge in [0, 0.05) is 43.2 Å². The molecule has 8 heteroatoms. The highest BCUT2D eigenvalue weighted by molar-refractivity contribution is 5.75. The number of urea groups is 1. The van der Waals surface area contributed by atoms with Gasteiger partial charge in [-0.3, -0.25) is 4.90 Å². The first-order chi connectivity index (χ1) is 20.9. The average molecular weight is 590 g/mol. The number of carbonyl (C=O) groups excluding carboxylic acids is 1. The highest BCUT2D eigenvalue weighted by Crippen LogP contribution is 2.55. The molecule has 0 aromatic heterocycles. The van der Waals surface area contributed by atoms with E-state index in [4.69, 9.17) is 14.2 Å². The van der Waals surface area contributed by atoms with E-state index in [1.54, 1.807) is 0 Å². The van der Waals surface area contributed by atoms with Crippen LogP contribution < -0.4 is 10.6 Å². The van der Waals surface area contributed by atoms with Gasteiger partial charge in [-0.1, -0.05) is 55.5 Å². The van der Waals surface area contributed by atoms with Gasteiger partial charge in [0.1, 0.15) is 0 Å². The molecule has 43 heavy (non-hydrogen) atoms. The Labute approximate surface area is 255 Å². The fourth-order valence-electron chi connectivity index (χ4n) is 8.89. The van der Waals surface area contributed by atoms with E-state index in [2.05, 4.69) is 58.9 Å². The molecule has 4 saturated carbocycles. The Hall–Kier alpha value is -2.49. The Balaban J connectivity index is 0.999. The Kier molecular flexibility index (Phi) is 8.49. The molecule has 2 aliphatic heterocycles. The Morgan fingerprint density at radius 2 is 1.49 bits per heavy atom. The zero-order valence-corrected chi connectivity index (χ0v) is 25.4. The number of morpholine rings is 1. The average Bonchev–Trinajstić information content (AvgIpc) is 3.01. The molecule has 4 aliphatic carbocycles. The number of nitrogens with one attached hydrogen (secondary N) is 2. The predicted octanol–water partition coefficient (Wildman–Crippen LogP) is 5.07. The van der Waals surface area contributed by atoms with E-state index in [-0.39, 0.29) is 36.3 Å². The lowest BCUT2D eigenvalue weighted by molar-refractivity contribution is -0.277. The minimum Gasteiger partial charge on any atom is -0.392 e. The van der Waals surface area contributed by atoms with Crippen LogP contribution in [0.3, 0.4) is 0 Å². The lowest BCUT2D eigenvalue weighted by Crippen LogP contribution is -2.61. The van der Waals surface area contributed by atoms with Crippen molar-refractivity contribution in [3.63, 3.8) is 0 Å². The summed E-state index contributed by atoms with van der Waals surface area (Å²) in [5, 5.41) is 16.1. The van der Waals surface area contributed by atoms with Crippen molar-refractivity contribution < 1.29 is 24.1 Å². The topological polar surface area (TPSA) is 92.3 Å². The van der Waals surface area contributed by atoms with Crippen LogP contribution in [0.1, 0.15) is 80.1 Å². The zero-order chi connectivity index (χ0) is 29.4. The van der Waals surface area contributed by atoms with Crippen molar-refractivity contribution in [2.75, 3.05) is 32.8 Å². The molecule has 8 nitrogen and oxygen atoms in total. The molecule has 0 radical (unpaired) electrons. The number of aliphatic hydroxyl groups is 1. The minimum absolute atomic E-state index is 0.00556. The van der Waals surface area contributed by atoms with Crippen LogP contribution in [0, 0.1) is 23.7 Å². The molecule has 2 aromatic rings. The molecule has 6 fully saturated rings. The van der Waals surface area contributed by atoms with Gasteiger partial charge in [0.15, 0.2) is 6.29 Å². The standard InChI is InChI=1S/C35H47N3O5/c1-23-31(21-38-10-12-41-13-11-38)42-33(43-32(23)29-6-4-25(22-39)5-7-29)30-8-2-24(3-9-30)20-36-34(40)37-35-17-26-14-27(18-35)16-28(15-26)19-35/h2-9,23,26-28,31-33,39H,10-22H2,1H3,(H2,36,37,40)/t23-,26?,27?,28?,31+,32+,33+,35?/m0/s1. The lowest BCUT2D eigenvalue weighted by atomic mass is 9.53. The van der Waals surface area contributed by atoms with Gasteiger partial charge in [-0.05, 0) is 73.0 Å². The lowest BCUT2D eigenvalue weighted by Gasteiger charge is -2.56. The van der Waals surface area contributed by atoms with Crippen molar-refractivity contribution in [2.45, 2.75) is 82.6 Å². The van der Waals surface area contributed by atoms with Gasteiger partial charge in [-0.2, -0.15) is 0 Å². The molecule has 6 aliphatic rings. The molecule has 2 aromatic carbocycles. The van der Waals surface area contributed by atoms with Crippen LogP contribution in [0.5, 0.6) is 0 Å². The molecule has 0 spiro atoms. The number of benzene rings is 2. The molecule has 2 saturated heterocycles. The summed E-state index contributed by atoms with van der Waals surface area (Å²) in [5.41, 5.74) is 4.02. The Bertz CT molecular complexity index is 1210. The number of nitrogens with zero attached hydrogens (tertiary/aromatic N) is 1. The number of ether oxygens (including phenoxy) is 3. The number of carbonyl (C=O) groups is 1. The summed E-state index contributed by atoms with van der Waals surface area (Å²) < 4.78 is 18.8. The van der Waals surface area contributed by atoms with Crippen molar-refractivity contribution in [2.24, 2.45) is 23.7 Å². The number of aliphatic hydroxyl groups excluding tert-OH is 1. The van der Waals surface area contributed by atoms with E-state index in [0.29, 0.717) is 6.54 Å². The van der Waals surface area contributed by atoms with E-state index in [1.165, 1.54) is 19.3 Å². The smallest absolute Gasteiger partial charge is 0.315 e. The SMILES string of the molecule is C[C@H]1[C@@H](CN2CCOCC2)O[C@@H](c2ccc(CNC(=O)NC34CC5CC(CC(C5)C3)C4)cc2)O[C@H]1c1ccc(CO)cc1. The summed E-state index contributed by atoms with van der Waals surface area (Å²) in [6, 6.07) is 16.3. The van der Waals surface area contributed by atoms with Gasteiger partial charge in [0.2, 0.25) is 0 Å². The first kappa shape index (κ1) is 29.2. The van der Waals surface area contributed by atoms with Crippen molar-refractivity contribution >= 4 is 6.03 Å². The molecule has 4 bridgehead atoms. The summed E-state index contributed by atoms with van der Waals surface area (Å²) in [7, 11) is 0. The third kappa shape index (κ3) is 6.50. The van der Waals surface area contributed by atoms with Crippen LogP contribution in [0.4, 0.5) is 4.79 Å². The molecule has 2 amide bonds. The van der Waals surface area contributed by atoms with Crippen molar-refractivity contribution in [1.29, 1.82) is 0 Å². The van der Waals surface area contributed by atoms with E-state index in [0.717, 1.165) is 92.1 Å². The number of rotatable bonds is 8. The molecule has 4 atom stereocenters. The highest BCUT2D eigenvalue weighted by atomic mass is 16.7. The van der Waals surface area contributed by atoms with E-state index >= 15 is 0 Å². The fourth-order valence-corrected chi connectivity index (χ4v) is 8.89. The van der Waals surface area contributed by atoms with E-state index in [9.17, 15) is 9.90 Å². The van der Waals surface area contributed by atoms with Crippen LogP contribution in [0.15, 0.2) is 48.5 Å². The second kappa shape index (κ2) is 12.5. The Morgan fingerprint density at radius 1 is 0.884 bits per heavy atom. The molecule has 3 N–H and O–H groups in total. The second-order valence-electron chi connectivity index (χ2n) is 14.0. The summed E-state index contributed by atoms with van der Waals surface area (Å²) >= 11 is 0. The minimum atomic E-state index is -0.494. The van der Waals surface area contributed by atoms with Crippen molar-refractivity contribution in [3.8, 4) is 0 Å². The first-order valence-electron chi connectivity index (χ1n) is 16.4. The fraction of sp³-hybridized carbons (Fsp3) is 0.629. The van der Waals surface area contributed by atoms with Crippen molar-refractivity contribution in [3.05, 3.63) is 70.8 Å². The van der Waals surface area contributed by atoms with Crippen LogP contribution in [-0.2, 0) is 27.4 Å². The van der Waals surface area contributed by atoms with Gasteiger partial charge >= 0.3 is 6.03 Å². The summed E-state index contributed by atoms with van der Waals surface area (Å²) in [5.74, 6) is 2.56. The van der Waals surface area contributed by atoms with Gasteiger partial charge in [0.25, 0.3) is 0 Å². The Morgan fingerprint density at radius 3 is 2.12 bits per heavy atom. The summed E-state index contributed by atoms with van der Waals surface area (Å²) in [6.45, 7) is 6.87. The maximum Gasteiger partial charge on any atom is 0.315 e. The third-order valence-corrected chi connectivity index (χ3v) is 10.8. The largest absolute Gasteiger partial charge is 0.392 e. The van der Waals surface area contributed by atoms with Crippen LogP contribution >= 0.6 is 0 Å². The van der Waals surface area contributed by atoms with Crippen LogP contribution in [0.25, 0.3) is 0 Å². The van der Waals surface area contributed by atoms with E-state index < -0.39 is 6.29 Å². The zero-order valence-electron chi connectivity index (χ0n) is 25.4. The van der Waals surface area contributed by atoms with Gasteiger partial charge < -0.3 is 30.0 Å². The molecular weight excluding hydrogens is 542 g/mol. The molecule has 0 unspecified atom stereocenters. The molecule has 8 rings (SSSR count). The quantitative estimate of drug-likeness (QED) is 0.398. The van der Waals surface area contributed by atoms with Crippen molar-refractivity contribution in [1.82, 2.24) is 15.5 Å². The third-order valence-electron chi connectivity index (χ3n) is 10.8. The van der Waals surface area contributed by atoms with Gasteiger partial charge in [-0.15, -0.1) is 0 Å². The number of amides is 2. The number of hydrogen-bond acceptors (Lipinski definition) is 6. The van der Waals surface area contributed by atoms with Gasteiger partial charge in [0.05, 0.1) is 32.0 Å². The first-order valence-corrected chi connectivity index (χ1v) is 16.4. The maximum absolute atomic E-state index is 13.0. The summed E-state index contributed by atoms with van der Waals surface area (Å²) in [6.07, 6.45) is 6.93.